The highest BCUT2D eigenvalue weighted by Gasteiger charge is 2.43. The van der Waals surface area contributed by atoms with E-state index in [1.165, 1.54) is 23.1 Å². The van der Waals surface area contributed by atoms with Gasteiger partial charge in [0.2, 0.25) is 5.91 Å². The van der Waals surface area contributed by atoms with E-state index in [2.05, 4.69) is 66.9 Å². The van der Waals surface area contributed by atoms with E-state index < -0.39 is 6.04 Å². The smallest absolute Gasteiger partial charge is 0.410 e. The van der Waals surface area contributed by atoms with Crippen LogP contribution < -0.4 is 0 Å². The van der Waals surface area contributed by atoms with Gasteiger partial charge in [0.1, 0.15) is 12.1 Å². The zero-order valence-corrected chi connectivity index (χ0v) is 28.4. The number of likely N-dealkylation sites (tertiary alicyclic amines) is 1. The average Bonchev–Trinajstić information content (AvgIpc) is 3.41. The molecule has 1 aromatic carbocycles. The number of carbonyl (C=O) groups excluding carboxylic acids is 2. The van der Waals surface area contributed by atoms with Gasteiger partial charge in [-0.15, -0.1) is 0 Å². The van der Waals surface area contributed by atoms with Crippen LogP contribution in [0.15, 0.2) is 53.5 Å². The SMILES string of the molecule is Cc1cn(C[C@@H]2CCCN(C(=O)[C@H]3CN(C4c5ccccc5CCc5cc(Br)cnc54)CCN3C(=O)OC3CCCCC3)C2)cn1. The molecule has 3 atom stereocenters. The van der Waals surface area contributed by atoms with Crippen molar-refractivity contribution >= 4 is 27.9 Å². The van der Waals surface area contributed by atoms with Gasteiger partial charge in [0.25, 0.3) is 0 Å². The summed E-state index contributed by atoms with van der Waals surface area (Å²) in [5.74, 6) is 0.375. The molecular formula is C36H45BrN6O3. The number of fused-ring (bicyclic) bond motifs is 2. The molecule has 2 aliphatic carbocycles. The maximum Gasteiger partial charge on any atom is 0.410 e. The molecule has 0 radical (unpaired) electrons. The number of imidazole rings is 1. The van der Waals surface area contributed by atoms with Crippen LogP contribution in [-0.4, -0.2) is 86.1 Å². The van der Waals surface area contributed by atoms with Gasteiger partial charge in [0, 0.05) is 56.1 Å². The second-order valence-electron chi connectivity index (χ2n) is 13.7. The lowest BCUT2D eigenvalue weighted by molar-refractivity contribution is -0.141. The number of amides is 2. The van der Waals surface area contributed by atoms with Gasteiger partial charge in [-0.1, -0.05) is 30.7 Å². The minimum absolute atomic E-state index is 0.0303. The number of carbonyl (C=O) groups is 2. The lowest BCUT2D eigenvalue weighted by Crippen LogP contribution is -2.62. The predicted molar refractivity (Wildman–Crippen MR) is 179 cm³/mol. The molecule has 244 valence electrons. The summed E-state index contributed by atoms with van der Waals surface area (Å²) in [6.45, 7) is 5.76. The molecule has 10 heteroatoms. The highest BCUT2D eigenvalue weighted by Crippen LogP contribution is 2.38. The van der Waals surface area contributed by atoms with E-state index in [1.54, 1.807) is 4.90 Å². The fourth-order valence-electron chi connectivity index (χ4n) is 8.11. The molecule has 1 saturated carbocycles. The van der Waals surface area contributed by atoms with Crippen molar-refractivity contribution in [3.63, 3.8) is 0 Å². The number of hydrogen-bond acceptors (Lipinski definition) is 6. The molecule has 1 unspecified atom stereocenters. The third kappa shape index (κ3) is 6.74. The molecule has 2 aliphatic heterocycles. The normalized spacial score (nSPS) is 24.2. The monoisotopic (exact) mass is 688 g/mol. The van der Waals surface area contributed by atoms with Gasteiger partial charge in [-0.05, 0) is 103 Å². The molecule has 7 rings (SSSR count). The summed E-state index contributed by atoms with van der Waals surface area (Å²) in [5.41, 5.74) is 5.84. The predicted octanol–water partition coefficient (Wildman–Crippen LogP) is 5.93. The number of piperazine rings is 1. The summed E-state index contributed by atoms with van der Waals surface area (Å²) in [6, 6.07) is 10.1. The number of pyridine rings is 1. The second-order valence-corrected chi connectivity index (χ2v) is 14.6. The van der Waals surface area contributed by atoms with Crippen molar-refractivity contribution in [2.75, 3.05) is 32.7 Å². The van der Waals surface area contributed by atoms with Crippen molar-refractivity contribution in [1.29, 1.82) is 0 Å². The first-order valence-corrected chi connectivity index (χ1v) is 17.9. The van der Waals surface area contributed by atoms with Crippen molar-refractivity contribution < 1.29 is 14.3 Å². The van der Waals surface area contributed by atoms with E-state index >= 15 is 0 Å². The maximum absolute atomic E-state index is 14.6. The average molecular weight is 690 g/mol. The van der Waals surface area contributed by atoms with Crippen molar-refractivity contribution in [3.05, 3.63) is 81.6 Å². The largest absolute Gasteiger partial charge is 0.446 e. The Labute approximate surface area is 280 Å². The highest BCUT2D eigenvalue weighted by molar-refractivity contribution is 9.10. The quantitative estimate of drug-likeness (QED) is 0.331. The van der Waals surface area contributed by atoms with E-state index in [-0.39, 0.29) is 24.1 Å². The van der Waals surface area contributed by atoms with Crippen molar-refractivity contribution in [3.8, 4) is 0 Å². The molecule has 2 saturated heterocycles. The van der Waals surface area contributed by atoms with Crippen LogP contribution in [0.1, 0.15) is 79.1 Å². The summed E-state index contributed by atoms with van der Waals surface area (Å²) >= 11 is 3.64. The van der Waals surface area contributed by atoms with E-state index in [4.69, 9.17) is 9.72 Å². The lowest BCUT2D eigenvalue weighted by atomic mass is 9.94. The molecule has 0 bridgehead atoms. The Hall–Kier alpha value is -3.24. The van der Waals surface area contributed by atoms with Crippen molar-refractivity contribution in [2.45, 2.75) is 89.4 Å². The van der Waals surface area contributed by atoms with Crippen molar-refractivity contribution in [2.24, 2.45) is 5.92 Å². The summed E-state index contributed by atoms with van der Waals surface area (Å²) < 4.78 is 9.21. The highest BCUT2D eigenvalue weighted by atomic mass is 79.9. The number of rotatable bonds is 5. The fourth-order valence-corrected chi connectivity index (χ4v) is 8.49. The number of piperidine rings is 1. The first-order valence-electron chi connectivity index (χ1n) is 17.1. The molecule has 3 fully saturated rings. The molecule has 3 aromatic rings. The van der Waals surface area contributed by atoms with Gasteiger partial charge >= 0.3 is 6.09 Å². The second kappa shape index (κ2) is 13.9. The van der Waals surface area contributed by atoms with Gasteiger partial charge in [-0.2, -0.15) is 0 Å². The number of benzene rings is 1. The Kier molecular flexibility index (Phi) is 9.45. The van der Waals surface area contributed by atoms with Gasteiger partial charge in [-0.3, -0.25) is 19.6 Å². The van der Waals surface area contributed by atoms with E-state index in [9.17, 15) is 9.59 Å². The first kappa shape index (κ1) is 31.4. The topological polar surface area (TPSA) is 83.8 Å². The van der Waals surface area contributed by atoms with Gasteiger partial charge in [-0.25, -0.2) is 9.78 Å². The lowest BCUT2D eigenvalue weighted by Gasteiger charge is -2.45. The minimum Gasteiger partial charge on any atom is -0.446 e. The Balaban J connectivity index is 1.17. The van der Waals surface area contributed by atoms with Crippen LogP contribution in [0.4, 0.5) is 4.79 Å². The molecule has 0 spiro atoms. The van der Waals surface area contributed by atoms with Crippen LogP contribution >= 0.6 is 15.9 Å². The summed E-state index contributed by atoms with van der Waals surface area (Å²) in [6.07, 6.45) is 14.5. The van der Waals surface area contributed by atoms with E-state index in [0.29, 0.717) is 38.6 Å². The fraction of sp³-hybridized carbons (Fsp3) is 0.556. The molecule has 46 heavy (non-hydrogen) atoms. The van der Waals surface area contributed by atoms with Gasteiger partial charge in [0.05, 0.1) is 23.8 Å². The van der Waals surface area contributed by atoms with Crippen LogP contribution in [0.2, 0.25) is 0 Å². The molecule has 4 aliphatic rings. The number of aromatic nitrogens is 3. The number of halogens is 1. The number of nitrogens with zero attached hydrogens (tertiary/aromatic N) is 6. The Morgan fingerprint density at radius 3 is 2.61 bits per heavy atom. The Morgan fingerprint density at radius 1 is 0.957 bits per heavy atom. The zero-order chi connectivity index (χ0) is 31.6. The van der Waals surface area contributed by atoms with Crippen LogP contribution in [0, 0.1) is 12.8 Å². The molecule has 2 aromatic heterocycles. The van der Waals surface area contributed by atoms with E-state index in [1.807, 2.05) is 24.3 Å². The molecule has 9 nitrogen and oxygen atoms in total. The number of hydrogen-bond donors (Lipinski definition) is 0. The third-order valence-electron chi connectivity index (χ3n) is 10.4. The molecule has 0 N–H and O–H groups in total. The van der Waals surface area contributed by atoms with Crippen LogP contribution in [0.3, 0.4) is 0 Å². The number of aryl methyl sites for hydroxylation is 3. The maximum atomic E-state index is 14.6. The summed E-state index contributed by atoms with van der Waals surface area (Å²) in [4.78, 5) is 44.0. The minimum atomic E-state index is -0.617. The van der Waals surface area contributed by atoms with Crippen LogP contribution in [0.25, 0.3) is 0 Å². The first-order chi connectivity index (χ1) is 22.4. The third-order valence-corrected chi connectivity index (χ3v) is 10.9. The van der Waals surface area contributed by atoms with Crippen LogP contribution in [-0.2, 0) is 28.9 Å². The standard InChI is InChI=1S/C36H45BrN6O3/c1-25-20-40(24-39-25)21-26-8-7-15-42(22-26)35(44)32-23-41(16-17-43(32)36(45)46-30-10-3-2-4-11-30)34-31-12-6-5-9-27(31)13-14-28-18-29(37)19-38-33(28)34/h5-6,9,12,18-20,24,26,30,32,34H,2-4,7-8,10-11,13-17,21-23H2,1H3/t26-,32+,34?/m0/s1. The van der Waals surface area contributed by atoms with Crippen LogP contribution in [0.5, 0.6) is 0 Å². The van der Waals surface area contributed by atoms with Gasteiger partial charge < -0.3 is 14.2 Å². The Morgan fingerprint density at radius 2 is 1.78 bits per heavy atom. The van der Waals surface area contributed by atoms with Gasteiger partial charge in [0.15, 0.2) is 0 Å². The molecular weight excluding hydrogens is 644 g/mol. The van der Waals surface area contributed by atoms with E-state index in [0.717, 1.165) is 73.8 Å². The summed E-state index contributed by atoms with van der Waals surface area (Å²) in [7, 11) is 0. The molecule has 4 heterocycles. The van der Waals surface area contributed by atoms with Crippen molar-refractivity contribution in [1.82, 2.24) is 29.2 Å². The zero-order valence-electron chi connectivity index (χ0n) is 26.8. The molecule has 2 amide bonds. The Bertz CT molecular complexity index is 1550. The number of ether oxygens (including phenoxy) is 1. The summed E-state index contributed by atoms with van der Waals surface area (Å²) in [5, 5.41) is 0.